The number of carbonyl (C=O) groups excluding carboxylic acids is 1. The lowest BCUT2D eigenvalue weighted by Crippen LogP contribution is -2.35. The molecule has 1 aromatic rings. The second kappa shape index (κ2) is 5.74. The van der Waals surface area contributed by atoms with E-state index in [1.165, 1.54) is 12.1 Å². The van der Waals surface area contributed by atoms with E-state index in [-0.39, 0.29) is 21.9 Å². The Labute approximate surface area is 124 Å². The third-order valence-electron chi connectivity index (χ3n) is 3.77. The summed E-state index contributed by atoms with van der Waals surface area (Å²) in [5.74, 6) is -0.154. The van der Waals surface area contributed by atoms with Gasteiger partial charge in [0.15, 0.2) is 9.84 Å². The number of amides is 1. The van der Waals surface area contributed by atoms with Crippen molar-refractivity contribution in [3.8, 4) is 0 Å². The van der Waals surface area contributed by atoms with Crippen LogP contribution in [0.3, 0.4) is 0 Å². The summed E-state index contributed by atoms with van der Waals surface area (Å²) in [6.07, 6.45) is 5.38. The Bertz CT molecular complexity index is 621. The molecule has 0 atom stereocenters. The normalized spacial score (nSPS) is 16.4. The SMILES string of the molecule is CN(C(=O)c1ccc(Cl)c(S(C)(=O)=O)c1)C1CCCC1. The summed E-state index contributed by atoms with van der Waals surface area (Å²) in [7, 11) is -1.67. The van der Waals surface area contributed by atoms with Gasteiger partial charge in [0, 0.05) is 24.9 Å². The minimum atomic E-state index is -3.44. The van der Waals surface area contributed by atoms with Crippen LogP contribution in [0.25, 0.3) is 0 Å². The minimum absolute atomic E-state index is 0.00448. The van der Waals surface area contributed by atoms with E-state index in [1.807, 2.05) is 0 Å². The summed E-state index contributed by atoms with van der Waals surface area (Å²) < 4.78 is 23.3. The van der Waals surface area contributed by atoms with Gasteiger partial charge < -0.3 is 4.90 Å². The largest absolute Gasteiger partial charge is 0.339 e. The molecule has 0 N–H and O–H groups in total. The zero-order valence-corrected chi connectivity index (χ0v) is 13.2. The molecule has 1 aliphatic carbocycles. The average Bonchev–Trinajstić information content (AvgIpc) is 2.90. The number of hydrogen-bond acceptors (Lipinski definition) is 3. The van der Waals surface area contributed by atoms with Gasteiger partial charge in [0.1, 0.15) is 0 Å². The Hall–Kier alpha value is -1.07. The first-order valence-electron chi connectivity index (χ1n) is 6.57. The van der Waals surface area contributed by atoms with E-state index < -0.39 is 9.84 Å². The van der Waals surface area contributed by atoms with Gasteiger partial charge in [-0.25, -0.2) is 8.42 Å². The van der Waals surface area contributed by atoms with Gasteiger partial charge in [-0.05, 0) is 31.0 Å². The van der Waals surface area contributed by atoms with Crippen LogP contribution in [-0.2, 0) is 9.84 Å². The highest BCUT2D eigenvalue weighted by atomic mass is 35.5. The molecule has 1 amide bonds. The van der Waals surface area contributed by atoms with Gasteiger partial charge in [0.05, 0.1) is 9.92 Å². The molecule has 0 aromatic heterocycles. The summed E-state index contributed by atoms with van der Waals surface area (Å²) in [6.45, 7) is 0. The smallest absolute Gasteiger partial charge is 0.253 e. The van der Waals surface area contributed by atoms with Gasteiger partial charge >= 0.3 is 0 Å². The van der Waals surface area contributed by atoms with Gasteiger partial charge in [-0.2, -0.15) is 0 Å². The number of rotatable bonds is 3. The van der Waals surface area contributed by atoms with Gasteiger partial charge in [-0.3, -0.25) is 4.79 Å². The molecule has 0 unspecified atom stereocenters. The fraction of sp³-hybridized carbons (Fsp3) is 0.500. The molecule has 20 heavy (non-hydrogen) atoms. The van der Waals surface area contributed by atoms with Gasteiger partial charge in [0.2, 0.25) is 0 Å². The molecule has 1 aromatic carbocycles. The van der Waals surface area contributed by atoms with Crippen LogP contribution in [0.1, 0.15) is 36.0 Å². The summed E-state index contributed by atoms with van der Waals surface area (Å²) in [4.78, 5) is 14.1. The van der Waals surface area contributed by atoms with E-state index in [4.69, 9.17) is 11.6 Å². The van der Waals surface area contributed by atoms with Crippen molar-refractivity contribution in [3.05, 3.63) is 28.8 Å². The molecule has 6 heteroatoms. The second-order valence-electron chi connectivity index (χ2n) is 5.27. The second-order valence-corrected chi connectivity index (χ2v) is 7.66. The van der Waals surface area contributed by atoms with Crippen molar-refractivity contribution in [3.63, 3.8) is 0 Å². The van der Waals surface area contributed by atoms with Crippen molar-refractivity contribution in [2.75, 3.05) is 13.3 Å². The van der Waals surface area contributed by atoms with Crippen LogP contribution >= 0.6 is 11.6 Å². The first kappa shape index (κ1) is 15.3. The highest BCUT2D eigenvalue weighted by Gasteiger charge is 2.25. The molecule has 1 aliphatic rings. The fourth-order valence-electron chi connectivity index (χ4n) is 2.58. The number of halogens is 1. The molecule has 2 rings (SSSR count). The van der Waals surface area contributed by atoms with Gasteiger partial charge in [-0.1, -0.05) is 24.4 Å². The topological polar surface area (TPSA) is 54.5 Å². The van der Waals surface area contributed by atoms with Crippen molar-refractivity contribution >= 4 is 27.3 Å². The number of hydrogen-bond donors (Lipinski definition) is 0. The standard InChI is InChI=1S/C14H18ClNO3S/c1-16(11-5-3-4-6-11)14(17)10-7-8-12(15)13(9-10)20(2,18)19/h7-9,11H,3-6H2,1-2H3. The minimum Gasteiger partial charge on any atom is -0.339 e. The van der Waals surface area contributed by atoms with E-state index in [0.717, 1.165) is 31.9 Å². The molecule has 4 nitrogen and oxygen atoms in total. The van der Waals surface area contributed by atoms with Crippen LogP contribution in [-0.4, -0.2) is 38.6 Å². The predicted octanol–water partition coefficient (Wildman–Crippen LogP) is 2.76. The molecular weight excluding hydrogens is 298 g/mol. The molecule has 0 spiro atoms. The highest BCUT2D eigenvalue weighted by Crippen LogP contribution is 2.26. The highest BCUT2D eigenvalue weighted by molar-refractivity contribution is 7.90. The third kappa shape index (κ3) is 3.15. The third-order valence-corrected chi connectivity index (χ3v) is 5.35. The summed E-state index contributed by atoms with van der Waals surface area (Å²) >= 11 is 5.89. The molecule has 0 saturated heterocycles. The van der Waals surface area contributed by atoms with E-state index in [0.29, 0.717) is 5.56 Å². The lowest BCUT2D eigenvalue weighted by Gasteiger charge is -2.24. The molecule has 0 bridgehead atoms. The Morgan fingerprint density at radius 3 is 2.45 bits per heavy atom. The molecule has 0 aliphatic heterocycles. The van der Waals surface area contributed by atoms with Gasteiger partial charge in [-0.15, -0.1) is 0 Å². The number of benzene rings is 1. The summed E-state index contributed by atoms with van der Waals surface area (Å²) in [5.41, 5.74) is 0.365. The average molecular weight is 316 g/mol. The molecule has 110 valence electrons. The Kier molecular flexibility index (Phi) is 4.39. The zero-order valence-electron chi connectivity index (χ0n) is 11.6. The van der Waals surface area contributed by atoms with Crippen molar-refractivity contribution in [2.24, 2.45) is 0 Å². The van der Waals surface area contributed by atoms with Crippen LogP contribution in [0.2, 0.25) is 5.02 Å². The van der Waals surface area contributed by atoms with Crippen LogP contribution in [0, 0.1) is 0 Å². The molecule has 0 radical (unpaired) electrons. The lowest BCUT2D eigenvalue weighted by molar-refractivity contribution is 0.0735. The van der Waals surface area contributed by atoms with Crippen molar-refractivity contribution < 1.29 is 13.2 Å². The molecule has 0 heterocycles. The zero-order chi connectivity index (χ0) is 14.9. The van der Waals surface area contributed by atoms with E-state index in [1.54, 1.807) is 18.0 Å². The van der Waals surface area contributed by atoms with Crippen molar-refractivity contribution in [2.45, 2.75) is 36.6 Å². The van der Waals surface area contributed by atoms with Crippen LogP contribution in [0.5, 0.6) is 0 Å². The summed E-state index contributed by atoms with van der Waals surface area (Å²) in [6, 6.07) is 4.66. The molecule has 1 saturated carbocycles. The van der Waals surface area contributed by atoms with Crippen LogP contribution in [0.4, 0.5) is 0 Å². The molecule has 1 fully saturated rings. The number of carbonyl (C=O) groups is 1. The predicted molar refractivity (Wildman–Crippen MR) is 78.9 cm³/mol. The lowest BCUT2D eigenvalue weighted by atomic mass is 10.1. The van der Waals surface area contributed by atoms with Crippen molar-refractivity contribution in [1.29, 1.82) is 0 Å². The summed E-state index contributed by atoms with van der Waals surface area (Å²) in [5, 5.41) is 0.146. The number of sulfone groups is 1. The molecular formula is C14H18ClNO3S. The fourth-order valence-corrected chi connectivity index (χ4v) is 3.88. The quantitative estimate of drug-likeness (QED) is 0.862. The van der Waals surface area contributed by atoms with Crippen LogP contribution < -0.4 is 0 Å². The Morgan fingerprint density at radius 1 is 1.30 bits per heavy atom. The number of nitrogens with zero attached hydrogens (tertiary/aromatic N) is 1. The van der Waals surface area contributed by atoms with E-state index in [2.05, 4.69) is 0 Å². The maximum absolute atomic E-state index is 12.4. The maximum atomic E-state index is 12.4. The first-order valence-corrected chi connectivity index (χ1v) is 8.84. The Balaban J connectivity index is 2.31. The first-order chi connectivity index (χ1) is 9.30. The Morgan fingerprint density at radius 2 is 1.90 bits per heavy atom. The monoisotopic (exact) mass is 315 g/mol. The van der Waals surface area contributed by atoms with Gasteiger partial charge in [0.25, 0.3) is 5.91 Å². The maximum Gasteiger partial charge on any atom is 0.253 e. The van der Waals surface area contributed by atoms with Crippen molar-refractivity contribution in [1.82, 2.24) is 4.90 Å². The van der Waals surface area contributed by atoms with Crippen LogP contribution in [0.15, 0.2) is 23.1 Å². The van der Waals surface area contributed by atoms with E-state index in [9.17, 15) is 13.2 Å². The van der Waals surface area contributed by atoms with E-state index >= 15 is 0 Å².